The molecule has 0 fully saturated rings. The van der Waals surface area contributed by atoms with Crippen LogP contribution in [0.5, 0.6) is 6.01 Å². The second kappa shape index (κ2) is 4.85. The first-order chi connectivity index (χ1) is 9.38. The van der Waals surface area contributed by atoms with Crippen LogP contribution in [0.1, 0.15) is 11.1 Å². The van der Waals surface area contributed by atoms with Gasteiger partial charge in [0.25, 0.3) is 0 Å². The van der Waals surface area contributed by atoms with E-state index in [4.69, 9.17) is 4.74 Å². The van der Waals surface area contributed by atoms with E-state index in [2.05, 4.69) is 25.7 Å². The summed E-state index contributed by atoms with van der Waals surface area (Å²) in [6, 6.07) is 10.2. The third-order valence-corrected chi connectivity index (χ3v) is 2.70. The molecule has 1 aliphatic heterocycles. The summed E-state index contributed by atoms with van der Waals surface area (Å²) < 4.78 is 4.94. The van der Waals surface area contributed by atoms with Crippen molar-refractivity contribution in [1.29, 1.82) is 0 Å². The van der Waals surface area contributed by atoms with E-state index in [0.717, 1.165) is 22.5 Å². The van der Waals surface area contributed by atoms with Gasteiger partial charge in [0, 0.05) is 23.5 Å². The van der Waals surface area contributed by atoms with Crippen molar-refractivity contribution in [1.82, 2.24) is 20.6 Å². The van der Waals surface area contributed by atoms with Crippen LogP contribution in [0, 0.1) is 0 Å². The molecule has 6 nitrogen and oxygen atoms in total. The molecule has 2 heterocycles. The highest BCUT2D eigenvalue weighted by atomic mass is 16.5. The lowest BCUT2D eigenvalue weighted by Gasteiger charge is -2.01. The molecule has 0 unspecified atom stereocenters. The van der Waals surface area contributed by atoms with Crippen molar-refractivity contribution in [2.24, 2.45) is 5.11 Å². The molecule has 0 aliphatic carbocycles. The van der Waals surface area contributed by atoms with Crippen LogP contribution in [0.15, 0.2) is 47.8 Å². The first kappa shape index (κ1) is 11.3. The minimum Gasteiger partial charge on any atom is -0.467 e. The fraction of sp³-hybridized carbons (Fsp3) is 0.0769. The third kappa shape index (κ3) is 2.15. The van der Waals surface area contributed by atoms with Gasteiger partial charge in [-0.25, -0.2) is 9.97 Å². The number of methoxy groups -OCH3 is 1. The molecule has 93 valence electrons. The zero-order chi connectivity index (χ0) is 13.1. The quantitative estimate of drug-likeness (QED) is 0.902. The van der Waals surface area contributed by atoms with Crippen molar-refractivity contribution in [3.63, 3.8) is 0 Å². The Morgan fingerprint density at radius 1 is 1.05 bits per heavy atom. The van der Waals surface area contributed by atoms with Crippen LogP contribution >= 0.6 is 0 Å². The molecule has 1 aliphatic rings. The van der Waals surface area contributed by atoms with Gasteiger partial charge in [0.2, 0.25) is 0 Å². The van der Waals surface area contributed by atoms with E-state index in [1.165, 1.54) is 7.11 Å². The Kier molecular flexibility index (Phi) is 2.89. The Bertz CT molecular complexity index is 634. The molecule has 19 heavy (non-hydrogen) atoms. The molecule has 0 atom stereocenters. The molecule has 0 saturated heterocycles. The lowest BCUT2D eigenvalue weighted by Crippen LogP contribution is -2.09. The zero-order valence-electron chi connectivity index (χ0n) is 10.2. The summed E-state index contributed by atoms with van der Waals surface area (Å²) >= 11 is 0. The van der Waals surface area contributed by atoms with Gasteiger partial charge in [-0.05, 0) is 0 Å². The maximum absolute atomic E-state index is 4.94. The van der Waals surface area contributed by atoms with E-state index >= 15 is 0 Å². The number of nitrogens with zero attached hydrogens (tertiary/aromatic N) is 4. The first-order valence-electron chi connectivity index (χ1n) is 5.71. The van der Waals surface area contributed by atoms with Crippen LogP contribution in [-0.4, -0.2) is 17.1 Å². The minimum absolute atomic E-state index is 0.331. The van der Waals surface area contributed by atoms with Crippen LogP contribution in [0.25, 0.3) is 11.4 Å². The highest BCUT2D eigenvalue weighted by Gasteiger charge is 2.24. The van der Waals surface area contributed by atoms with E-state index in [0.29, 0.717) is 6.01 Å². The molecule has 0 saturated carbocycles. The highest BCUT2D eigenvalue weighted by Crippen LogP contribution is 2.26. The van der Waals surface area contributed by atoms with Gasteiger partial charge in [-0.3, -0.25) is 0 Å². The van der Waals surface area contributed by atoms with Gasteiger partial charge in [-0.1, -0.05) is 35.8 Å². The number of hydrogen-bond donors (Lipinski definition) is 1. The molecule has 1 aromatic heterocycles. The second-order valence-corrected chi connectivity index (χ2v) is 3.86. The van der Waals surface area contributed by atoms with Crippen LogP contribution in [0.4, 0.5) is 0 Å². The number of ether oxygens (including phenoxy) is 1. The average Bonchev–Trinajstić information content (AvgIpc) is 2.98. The topological polar surface area (TPSA) is 73.5 Å². The van der Waals surface area contributed by atoms with E-state index in [1.807, 2.05) is 30.3 Å². The molecule has 6 heteroatoms. The van der Waals surface area contributed by atoms with Crippen molar-refractivity contribution in [2.45, 2.75) is 0 Å². The van der Waals surface area contributed by atoms with E-state index in [1.54, 1.807) is 12.4 Å². The number of benzene rings is 1. The van der Waals surface area contributed by atoms with Gasteiger partial charge in [0.15, 0.2) is 5.70 Å². The fourth-order valence-corrected chi connectivity index (χ4v) is 1.78. The number of rotatable bonds is 3. The van der Waals surface area contributed by atoms with Crippen molar-refractivity contribution < 1.29 is 4.74 Å². The van der Waals surface area contributed by atoms with Crippen molar-refractivity contribution in [2.75, 3.05) is 7.11 Å². The molecule has 1 aromatic carbocycles. The van der Waals surface area contributed by atoms with E-state index in [-0.39, 0.29) is 0 Å². The summed E-state index contributed by atoms with van der Waals surface area (Å²) in [5.74, 6) is 0. The SMILES string of the molecule is COc1ncc(C2=C(c3ccccc3)N=[N+]N2)cn1. The first-order valence-corrected chi connectivity index (χ1v) is 5.71. The summed E-state index contributed by atoms with van der Waals surface area (Å²) in [7, 11) is 1.53. The van der Waals surface area contributed by atoms with Crippen LogP contribution in [0.3, 0.4) is 0 Å². The van der Waals surface area contributed by atoms with Gasteiger partial charge in [0.1, 0.15) is 10.8 Å². The Hall–Kier alpha value is -2.76. The number of aromatic nitrogens is 2. The van der Waals surface area contributed by atoms with Gasteiger partial charge >= 0.3 is 11.2 Å². The van der Waals surface area contributed by atoms with Crippen molar-refractivity contribution in [3.8, 4) is 6.01 Å². The van der Waals surface area contributed by atoms with Crippen molar-refractivity contribution in [3.05, 3.63) is 53.9 Å². The highest BCUT2D eigenvalue weighted by molar-refractivity contribution is 5.89. The van der Waals surface area contributed by atoms with Crippen LogP contribution in [0.2, 0.25) is 0 Å². The van der Waals surface area contributed by atoms with Gasteiger partial charge < -0.3 is 4.74 Å². The molecular weight excluding hydrogens is 242 g/mol. The maximum Gasteiger partial charge on any atom is 0.331 e. The van der Waals surface area contributed by atoms with Gasteiger partial charge in [0.05, 0.1) is 7.11 Å². The lowest BCUT2D eigenvalue weighted by atomic mass is 10.1. The Balaban J connectivity index is 2.02. The predicted octanol–water partition coefficient (Wildman–Crippen LogP) is 1.62. The summed E-state index contributed by atoms with van der Waals surface area (Å²) in [4.78, 5) is 8.16. The molecule has 0 amide bonds. The molecular formula is C13H11N5O+. The van der Waals surface area contributed by atoms with Gasteiger partial charge in [-0.15, -0.1) is 0 Å². The lowest BCUT2D eigenvalue weighted by molar-refractivity contribution is 0.379. The summed E-state index contributed by atoms with van der Waals surface area (Å²) in [5, 5.41) is 7.97. The fourth-order valence-electron chi connectivity index (χ4n) is 1.78. The molecule has 1 N–H and O–H groups in total. The monoisotopic (exact) mass is 253 g/mol. The smallest absolute Gasteiger partial charge is 0.331 e. The normalized spacial score (nSPS) is 13.5. The average molecular weight is 253 g/mol. The standard InChI is InChI=1S/C13H11N5O/c1-19-13-14-7-10(8-15-13)12-11(16-18-17-12)9-5-3-2-4-6-9/h2-8H,1H3,(H,16,17)/q+1. The van der Waals surface area contributed by atoms with Gasteiger partial charge in [-0.2, -0.15) is 0 Å². The third-order valence-electron chi connectivity index (χ3n) is 2.70. The molecule has 0 bridgehead atoms. The molecule has 3 rings (SSSR count). The predicted molar refractivity (Wildman–Crippen MR) is 69.5 cm³/mol. The van der Waals surface area contributed by atoms with Crippen LogP contribution in [-0.2, 0) is 0 Å². The summed E-state index contributed by atoms with van der Waals surface area (Å²) in [6.45, 7) is 0. The Labute approximate surface area is 109 Å². The zero-order valence-corrected chi connectivity index (χ0v) is 10.2. The van der Waals surface area contributed by atoms with E-state index < -0.39 is 0 Å². The number of hydrogen-bond acceptors (Lipinski definition) is 6. The maximum atomic E-state index is 4.94. The molecule has 2 aromatic rings. The Morgan fingerprint density at radius 2 is 1.79 bits per heavy atom. The second-order valence-electron chi connectivity index (χ2n) is 3.86. The minimum atomic E-state index is 0.331. The van der Waals surface area contributed by atoms with Crippen LogP contribution < -0.4 is 15.4 Å². The van der Waals surface area contributed by atoms with Crippen molar-refractivity contribution >= 4 is 11.4 Å². The summed E-state index contributed by atoms with van der Waals surface area (Å²) in [6.07, 6.45) is 3.35. The largest absolute Gasteiger partial charge is 0.467 e. The molecule has 0 spiro atoms. The Morgan fingerprint density at radius 3 is 2.47 bits per heavy atom. The summed E-state index contributed by atoms with van der Waals surface area (Å²) in [5.41, 5.74) is 6.23. The van der Waals surface area contributed by atoms with E-state index in [9.17, 15) is 0 Å². The molecule has 1 radical (unpaired) electrons. The number of nitrogens with one attached hydrogen (secondary N) is 1.